The number of halogens is 1. The summed E-state index contributed by atoms with van der Waals surface area (Å²) in [5.74, 6) is -1.37. The Morgan fingerprint density at radius 1 is 1.06 bits per heavy atom. The molecule has 10 heteroatoms. The predicted octanol–water partition coefficient (Wildman–Crippen LogP) is 2.42. The van der Waals surface area contributed by atoms with Crippen molar-refractivity contribution in [3.8, 4) is 5.75 Å². The Morgan fingerprint density at radius 2 is 1.68 bits per heavy atom. The van der Waals surface area contributed by atoms with Crippen LogP contribution in [0.5, 0.6) is 5.75 Å². The number of carbonyl (C=O) groups excluding carboxylic acids is 2. The van der Waals surface area contributed by atoms with Gasteiger partial charge in [-0.2, -0.15) is 4.31 Å². The van der Waals surface area contributed by atoms with Gasteiger partial charge in [0.1, 0.15) is 11.6 Å². The first-order chi connectivity index (χ1) is 14.8. The number of anilines is 1. The molecule has 0 aliphatic carbocycles. The van der Waals surface area contributed by atoms with Crippen molar-refractivity contribution >= 4 is 27.6 Å². The van der Waals surface area contributed by atoms with E-state index in [4.69, 9.17) is 9.47 Å². The van der Waals surface area contributed by atoms with Gasteiger partial charge in [-0.25, -0.2) is 12.8 Å². The number of esters is 1. The molecule has 1 heterocycles. The number of carbonyl (C=O) groups is 2. The number of hydrogen-bond acceptors (Lipinski definition) is 6. The van der Waals surface area contributed by atoms with E-state index < -0.39 is 40.2 Å². The fourth-order valence-electron chi connectivity index (χ4n) is 3.21. The quantitative estimate of drug-likeness (QED) is 0.650. The van der Waals surface area contributed by atoms with Gasteiger partial charge in [0.05, 0.1) is 17.9 Å². The summed E-state index contributed by atoms with van der Waals surface area (Å²) in [7, 11) is -2.21. The van der Waals surface area contributed by atoms with Crippen LogP contribution < -0.4 is 10.1 Å². The Bertz CT molecular complexity index is 1020. The van der Waals surface area contributed by atoms with Crippen molar-refractivity contribution in [2.45, 2.75) is 17.7 Å². The molecule has 166 valence electrons. The maximum absolute atomic E-state index is 13.0. The van der Waals surface area contributed by atoms with Crippen molar-refractivity contribution in [3.05, 3.63) is 54.3 Å². The van der Waals surface area contributed by atoms with Gasteiger partial charge in [-0.15, -0.1) is 0 Å². The van der Waals surface area contributed by atoms with Crippen LogP contribution in [0.3, 0.4) is 0 Å². The third-order valence-electron chi connectivity index (χ3n) is 4.96. The molecular formula is C21H23FN2O6S. The number of piperidine rings is 1. The van der Waals surface area contributed by atoms with Crippen molar-refractivity contribution in [1.29, 1.82) is 0 Å². The zero-order valence-corrected chi connectivity index (χ0v) is 17.7. The van der Waals surface area contributed by atoms with Gasteiger partial charge < -0.3 is 14.8 Å². The van der Waals surface area contributed by atoms with Crippen LogP contribution in [-0.2, 0) is 24.3 Å². The number of amides is 1. The van der Waals surface area contributed by atoms with E-state index in [-0.39, 0.29) is 30.8 Å². The Morgan fingerprint density at radius 3 is 2.26 bits per heavy atom. The van der Waals surface area contributed by atoms with Crippen molar-refractivity contribution in [2.24, 2.45) is 5.92 Å². The monoisotopic (exact) mass is 450 g/mol. The second-order valence-electron chi connectivity index (χ2n) is 7.02. The molecule has 2 aromatic rings. The van der Waals surface area contributed by atoms with Gasteiger partial charge in [-0.3, -0.25) is 9.59 Å². The maximum atomic E-state index is 13.0. The second-order valence-corrected chi connectivity index (χ2v) is 8.95. The van der Waals surface area contributed by atoms with Crippen molar-refractivity contribution in [1.82, 2.24) is 4.31 Å². The minimum atomic E-state index is -3.75. The standard InChI is InChI=1S/C21H23FN2O6S/c1-29-18-6-4-17(5-7-18)23-20(25)14-30-21(26)15-10-12-24(13-11-15)31(27,28)19-8-2-16(22)3-9-19/h2-9,15H,10-14H2,1H3,(H,23,25). The average Bonchev–Trinajstić information content (AvgIpc) is 2.78. The van der Waals surface area contributed by atoms with E-state index in [1.54, 1.807) is 24.3 Å². The molecule has 0 spiro atoms. The Kier molecular flexibility index (Phi) is 7.24. The lowest BCUT2D eigenvalue weighted by Crippen LogP contribution is -2.40. The zero-order valence-electron chi connectivity index (χ0n) is 16.9. The van der Waals surface area contributed by atoms with E-state index in [2.05, 4.69) is 5.32 Å². The molecule has 2 aromatic carbocycles. The molecule has 0 unspecified atom stereocenters. The number of rotatable bonds is 7. The minimum absolute atomic E-state index is 0.00475. The zero-order chi connectivity index (χ0) is 22.4. The highest BCUT2D eigenvalue weighted by Crippen LogP contribution is 2.25. The third-order valence-corrected chi connectivity index (χ3v) is 6.87. The number of methoxy groups -OCH3 is 1. The van der Waals surface area contributed by atoms with E-state index >= 15 is 0 Å². The highest BCUT2D eigenvalue weighted by Gasteiger charge is 2.33. The van der Waals surface area contributed by atoms with Crippen LogP contribution in [0.4, 0.5) is 10.1 Å². The molecule has 3 rings (SSSR count). The highest BCUT2D eigenvalue weighted by atomic mass is 32.2. The lowest BCUT2D eigenvalue weighted by molar-refractivity contribution is -0.152. The van der Waals surface area contributed by atoms with Crippen molar-refractivity contribution < 1.29 is 31.9 Å². The minimum Gasteiger partial charge on any atom is -0.497 e. The maximum Gasteiger partial charge on any atom is 0.309 e. The van der Waals surface area contributed by atoms with Gasteiger partial charge in [0.25, 0.3) is 5.91 Å². The molecule has 1 aliphatic heterocycles. The molecule has 1 N–H and O–H groups in total. The molecule has 31 heavy (non-hydrogen) atoms. The van der Waals surface area contributed by atoms with E-state index in [0.29, 0.717) is 11.4 Å². The van der Waals surface area contributed by atoms with Gasteiger partial charge in [0.2, 0.25) is 10.0 Å². The summed E-state index contributed by atoms with van der Waals surface area (Å²) in [5.41, 5.74) is 0.543. The average molecular weight is 450 g/mol. The summed E-state index contributed by atoms with van der Waals surface area (Å²) in [6.07, 6.45) is 0.554. The van der Waals surface area contributed by atoms with Crippen molar-refractivity contribution in [2.75, 3.05) is 32.1 Å². The first kappa shape index (κ1) is 22.7. The predicted molar refractivity (Wildman–Crippen MR) is 110 cm³/mol. The van der Waals surface area contributed by atoms with Gasteiger partial charge in [-0.05, 0) is 61.4 Å². The largest absolute Gasteiger partial charge is 0.497 e. The summed E-state index contributed by atoms with van der Waals surface area (Å²) in [4.78, 5) is 24.3. The van der Waals surface area contributed by atoms with Gasteiger partial charge >= 0.3 is 5.97 Å². The summed E-state index contributed by atoms with van der Waals surface area (Å²) in [5, 5.41) is 2.61. The number of sulfonamides is 1. The molecule has 1 fully saturated rings. The molecule has 0 aromatic heterocycles. The molecular weight excluding hydrogens is 427 g/mol. The van der Waals surface area contributed by atoms with Gasteiger partial charge in [0, 0.05) is 18.8 Å². The van der Waals surface area contributed by atoms with Gasteiger partial charge in [-0.1, -0.05) is 0 Å². The summed E-state index contributed by atoms with van der Waals surface area (Å²) in [6, 6.07) is 11.3. The lowest BCUT2D eigenvalue weighted by Gasteiger charge is -2.30. The summed E-state index contributed by atoms with van der Waals surface area (Å²) < 4.78 is 49.7. The highest BCUT2D eigenvalue weighted by molar-refractivity contribution is 7.89. The van der Waals surface area contributed by atoms with Crippen molar-refractivity contribution in [3.63, 3.8) is 0 Å². The Hall–Kier alpha value is -2.98. The van der Waals surface area contributed by atoms with E-state index in [1.807, 2.05) is 0 Å². The van der Waals surface area contributed by atoms with E-state index in [0.717, 1.165) is 12.1 Å². The number of hydrogen-bond donors (Lipinski definition) is 1. The first-order valence-corrected chi connectivity index (χ1v) is 11.1. The van der Waals surface area contributed by atoms with Crippen LogP contribution >= 0.6 is 0 Å². The van der Waals surface area contributed by atoms with Crippen LogP contribution in [0.25, 0.3) is 0 Å². The van der Waals surface area contributed by atoms with Crippen LogP contribution in [0, 0.1) is 11.7 Å². The number of nitrogens with one attached hydrogen (secondary N) is 1. The molecule has 0 radical (unpaired) electrons. The number of nitrogens with zero attached hydrogens (tertiary/aromatic N) is 1. The van der Waals surface area contributed by atoms with Gasteiger partial charge in [0.15, 0.2) is 6.61 Å². The fraction of sp³-hybridized carbons (Fsp3) is 0.333. The molecule has 1 aliphatic rings. The van der Waals surface area contributed by atoms with E-state index in [9.17, 15) is 22.4 Å². The molecule has 1 amide bonds. The topological polar surface area (TPSA) is 102 Å². The van der Waals surface area contributed by atoms with Crippen LogP contribution in [0.15, 0.2) is 53.4 Å². The number of benzene rings is 2. The number of ether oxygens (including phenoxy) is 2. The van der Waals surface area contributed by atoms with Crippen LogP contribution in [0.1, 0.15) is 12.8 Å². The fourth-order valence-corrected chi connectivity index (χ4v) is 4.68. The molecule has 0 atom stereocenters. The molecule has 0 saturated carbocycles. The third kappa shape index (κ3) is 5.80. The summed E-state index contributed by atoms with van der Waals surface area (Å²) >= 11 is 0. The normalized spacial score (nSPS) is 15.3. The SMILES string of the molecule is COc1ccc(NC(=O)COC(=O)C2CCN(S(=O)(=O)c3ccc(F)cc3)CC2)cc1. The first-order valence-electron chi connectivity index (χ1n) is 9.66. The summed E-state index contributed by atoms with van der Waals surface area (Å²) in [6.45, 7) is -0.159. The van der Waals surface area contributed by atoms with Crippen LogP contribution in [-0.4, -0.2) is 51.4 Å². The van der Waals surface area contributed by atoms with Crippen LogP contribution in [0.2, 0.25) is 0 Å². The van der Waals surface area contributed by atoms with E-state index in [1.165, 1.54) is 23.5 Å². The lowest BCUT2D eigenvalue weighted by atomic mass is 9.98. The Balaban J connectivity index is 1.46. The smallest absolute Gasteiger partial charge is 0.309 e. The molecule has 1 saturated heterocycles. The Labute approximate surface area is 180 Å². The molecule has 0 bridgehead atoms. The second kappa shape index (κ2) is 9.88. The molecule has 8 nitrogen and oxygen atoms in total.